The van der Waals surface area contributed by atoms with Gasteiger partial charge in [0.15, 0.2) is 0 Å². The van der Waals surface area contributed by atoms with Crippen LogP contribution < -0.4 is 21.3 Å². The van der Waals surface area contributed by atoms with Gasteiger partial charge >= 0.3 is 0 Å². The van der Waals surface area contributed by atoms with Crippen molar-refractivity contribution in [1.29, 1.82) is 0 Å². The van der Waals surface area contributed by atoms with Crippen molar-refractivity contribution in [3.8, 4) is 0 Å². The van der Waals surface area contributed by atoms with E-state index in [1.165, 1.54) is 4.90 Å². The lowest BCUT2D eigenvalue weighted by molar-refractivity contribution is -0.144. The smallest absolute Gasteiger partial charge is 0.290 e. The summed E-state index contributed by atoms with van der Waals surface area (Å²) in [5.74, 6) is -3.56. The summed E-state index contributed by atoms with van der Waals surface area (Å²) >= 11 is 0. The number of hydrogen-bond donors (Lipinski definition) is 4. The van der Waals surface area contributed by atoms with E-state index in [2.05, 4.69) is 42.0 Å². The first-order valence-corrected chi connectivity index (χ1v) is 16.6. The molecule has 2 rings (SSSR count). The largest absolute Gasteiger partial charge is 0.347 e. The zero-order valence-electron chi connectivity index (χ0n) is 29.7. The zero-order chi connectivity index (χ0) is 35.5. The molecule has 0 saturated carbocycles. The van der Waals surface area contributed by atoms with E-state index in [0.717, 1.165) is 6.42 Å². The number of carbonyl (C=O) groups is 6. The Labute approximate surface area is 280 Å². The van der Waals surface area contributed by atoms with E-state index < -0.39 is 59.6 Å². The van der Waals surface area contributed by atoms with Gasteiger partial charge in [0, 0.05) is 20.6 Å². The lowest BCUT2D eigenvalue weighted by atomic mass is 9.85. The molecule has 1 heterocycles. The fourth-order valence-corrected chi connectivity index (χ4v) is 5.46. The minimum Gasteiger partial charge on any atom is -0.347 e. The van der Waals surface area contributed by atoms with Crippen molar-refractivity contribution < 1.29 is 28.8 Å². The second kappa shape index (κ2) is 17.4. The fourth-order valence-electron chi connectivity index (χ4n) is 5.46. The normalized spacial score (nSPS) is 16.9. The molecule has 1 saturated heterocycles. The molecule has 0 aliphatic carbocycles. The van der Waals surface area contributed by atoms with Crippen LogP contribution in [0.5, 0.6) is 0 Å². The van der Waals surface area contributed by atoms with Crippen molar-refractivity contribution in [2.45, 2.75) is 105 Å². The van der Waals surface area contributed by atoms with Crippen LogP contribution in [0.3, 0.4) is 0 Å². The summed E-state index contributed by atoms with van der Waals surface area (Å²) in [6, 6.07) is 5.34. The summed E-state index contributed by atoms with van der Waals surface area (Å²) in [4.78, 5) is 81.8. The van der Waals surface area contributed by atoms with Gasteiger partial charge in [0.2, 0.25) is 29.4 Å². The maximum Gasteiger partial charge on any atom is 0.290 e. The average molecular weight is 657 g/mol. The van der Waals surface area contributed by atoms with Crippen molar-refractivity contribution in [3.05, 3.63) is 35.9 Å². The van der Waals surface area contributed by atoms with E-state index >= 15 is 0 Å². The first kappa shape index (κ1) is 39.4. The molecule has 262 valence electrons. The van der Waals surface area contributed by atoms with Gasteiger partial charge in [-0.3, -0.25) is 28.8 Å². The number of nitrogens with one attached hydrogen (secondary N) is 4. The van der Waals surface area contributed by atoms with Crippen LogP contribution in [-0.4, -0.2) is 97.0 Å². The van der Waals surface area contributed by atoms with E-state index in [1.54, 1.807) is 49.3 Å². The van der Waals surface area contributed by atoms with Crippen LogP contribution >= 0.6 is 0 Å². The molecule has 12 nitrogen and oxygen atoms in total. The SMILES string of the molecule is CCCC(NC(=O)[C@@H]1CCCN1C(=O)C(NCCC(C)(C)C)C(C)(C)C)C(=O)C(=O)NCC(=O)N[C@H](C(=O)N(C)C)c1ccccc1. The number of rotatable bonds is 15. The quantitative estimate of drug-likeness (QED) is 0.211. The zero-order valence-corrected chi connectivity index (χ0v) is 29.7. The third-order valence-electron chi connectivity index (χ3n) is 8.14. The van der Waals surface area contributed by atoms with Gasteiger partial charge in [-0.05, 0) is 48.6 Å². The minimum absolute atomic E-state index is 0.0984. The summed E-state index contributed by atoms with van der Waals surface area (Å²) in [5, 5.41) is 11.1. The van der Waals surface area contributed by atoms with Crippen LogP contribution in [0.4, 0.5) is 0 Å². The van der Waals surface area contributed by atoms with Gasteiger partial charge < -0.3 is 31.1 Å². The highest BCUT2D eigenvalue weighted by Crippen LogP contribution is 2.27. The second-order valence-electron chi connectivity index (χ2n) is 14.8. The van der Waals surface area contributed by atoms with E-state index in [4.69, 9.17) is 0 Å². The van der Waals surface area contributed by atoms with Crippen LogP contribution in [0, 0.1) is 10.8 Å². The Hall–Kier alpha value is -3.80. The Morgan fingerprint density at radius 2 is 1.60 bits per heavy atom. The van der Waals surface area contributed by atoms with Crippen LogP contribution in [0.1, 0.15) is 92.2 Å². The summed E-state index contributed by atoms with van der Waals surface area (Å²) in [6.07, 6.45) is 2.68. The van der Waals surface area contributed by atoms with Crippen molar-refractivity contribution >= 4 is 35.3 Å². The number of likely N-dealkylation sites (tertiary alicyclic amines) is 1. The molecule has 2 unspecified atom stereocenters. The molecule has 5 amide bonds. The van der Waals surface area contributed by atoms with Crippen LogP contribution in [-0.2, 0) is 28.8 Å². The maximum atomic E-state index is 13.8. The number of hydrogen-bond acceptors (Lipinski definition) is 7. The molecule has 1 aromatic rings. The standard InChI is InChI=1S/C35H56N6O6/c1-10-15-24(28(43)31(45)37-22-26(42)39-27(32(46)40(8)9)23-16-12-11-13-17-23)38-30(44)25-18-14-21-41(25)33(47)29(35(5,6)7)36-20-19-34(2,3)4/h11-13,16-17,24-25,27,29,36H,10,14-15,18-22H2,1-9H3,(H,37,45)(H,38,44)(H,39,42)/t24?,25-,27-,29?/m0/s1. The molecule has 1 aliphatic rings. The van der Waals surface area contributed by atoms with Crippen LogP contribution in [0.2, 0.25) is 0 Å². The van der Waals surface area contributed by atoms with E-state index in [0.29, 0.717) is 37.9 Å². The topological polar surface area (TPSA) is 157 Å². The third kappa shape index (κ3) is 12.1. The van der Waals surface area contributed by atoms with Crippen molar-refractivity contribution in [2.75, 3.05) is 33.7 Å². The van der Waals surface area contributed by atoms with E-state index in [1.807, 2.05) is 27.7 Å². The molecule has 4 atom stereocenters. The molecule has 0 spiro atoms. The van der Waals surface area contributed by atoms with E-state index in [-0.39, 0.29) is 23.7 Å². The fraction of sp³-hybridized carbons (Fsp3) is 0.657. The van der Waals surface area contributed by atoms with Gasteiger partial charge in [0.05, 0.1) is 18.6 Å². The first-order valence-electron chi connectivity index (χ1n) is 16.6. The van der Waals surface area contributed by atoms with Gasteiger partial charge in [-0.2, -0.15) is 0 Å². The molecule has 1 aliphatic heterocycles. The lowest BCUT2D eigenvalue weighted by Gasteiger charge is -2.36. The molecule has 0 radical (unpaired) electrons. The number of likely N-dealkylation sites (N-methyl/N-ethyl adjacent to an activating group) is 1. The predicted molar refractivity (Wildman–Crippen MR) is 181 cm³/mol. The number of benzene rings is 1. The van der Waals surface area contributed by atoms with Gasteiger partial charge in [-0.15, -0.1) is 0 Å². The Morgan fingerprint density at radius 1 is 0.957 bits per heavy atom. The Bertz CT molecular complexity index is 1250. The molecule has 12 heteroatoms. The molecular formula is C35H56N6O6. The third-order valence-corrected chi connectivity index (χ3v) is 8.14. The van der Waals surface area contributed by atoms with Crippen LogP contribution in [0.25, 0.3) is 0 Å². The van der Waals surface area contributed by atoms with Crippen molar-refractivity contribution in [1.82, 2.24) is 31.1 Å². The van der Waals surface area contributed by atoms with Gasteiger partial charge in [-0.1, -0.05) is 85.2 Å². The molecule has 1 fully saturated rings. The molecule has 1 aromatic carbocycles. The van der Waals surface area contributed by atoms with Gasteiger partial charge in [-0.25, -0.2) is 0 Å². The molecule has 47 heavy (non-hydrogen) atoms. The highest BCUT2D eigenvalue weighted by molar-refractivity contribution is 6.38. The maximum absolute atomic E-state index is 13.8. The van der Waals surface area contributed by atoms with Gasteiger partial charge in [0.1, 0.15) is 12.1 Å². The van der Waals surface area contributed by atoms with Crippen molar-refractivity contribution in [2.24, 2.45) is 10.8 Å². The first-order chi connectivity index (χ1) is 21.9. The highest BCUT2D eigenvalue weighted by atomic mass is 16.2. The Kier molecular flexibility index (Phi) is 14.6. The van der Waals surface area contributed by atoms with Gasteiger partial charge in [0.25, 0.3) is 5.91 Å². The number of carbonyl (C=O) groups excluding carboxylic acids is 6. The molecular weight excluding hydrogens is 600 g/mol. The lowest BCUT2D eigenvalue weighted by Crippen LogP contribution is -2.58. The molecule has 0 bridgehead atoms. The number of Topliss-reactive ketones (excluding diaryl/α,β-unsaturated/α-hetero) is 1. The summed E-state index contributed by atoms with van der Waals surface area (Å²) in [5.41, 5.74) is 0.271. The average Bonchev–Trinajstić information content (AvgIpc) is 3.49. The summed E-state index contributed by atoms with van der Waals surface area (Å²) in [7, 11) is 3.14. The molecule has 4 N–H and O–H groups in total. The van der Waals surface area contributed by atoms with Crippen molar-refractivity contribution in [3.63, 3.8) is 0 Å². The van der Waals surface area contributed by atoms with E-state index in [9.17, 15) is 28.8 Å². The molecule has 0 aromatic heterocycles. The Balaban J connectivity index is 2.06. The predicted octanol–water partition coefficient (Wildman–Crippen LogP) is 2.33. The summed E-state index contributed by atoms with van der Waals surface area (Å²) < 4.78 is 0. The number of ketones is 1. The minimum atomic E-state index is -1.12. The second-order valence-corrected chi connectivity index (χ2v) is 14.8. The van der Waals surface area contributed by atoms with Crippen LogP contribution in [0.15, 0.2) is 30.3 Å². The number of amides is 5. The highest BCUT2D eigenvalue weighted by Gasteiger charge is 2.42. The number of nitrogens with zero attached hydrogens (tertiary/aromatic N) is 2. The monoisotopic (exact) mass is 656 g/mol. The summed E-state index contributed by atoms with van der Waals surface area (Å²) in [6.45, 7) is 14.8. The Morgan fingerprint density at radius 3 is 2.15 bits per heavy atom.